The first-order chi connectivity index (χ1) is 17.1. The Kier molecular flexibility index (Phi) is 5.80. The maximum absolute atomic E-state index is 12.8. The lowest BCUT2D eigenvalue weighted by Crippen LogP contribution is -2.36. The molecule has 7 nitrogen and oxygen atoms in total. The second-order valence-corrected chi connectivity index (χ2v) is 9.71. The highest BCUT2D eigenvalue weighted by Gasteiger charge is 2.41. The molecule has 35 heavy (non-hydrogen) atoms. The van der Waals surface area contributed by atoms with Crippen LogP contribution in [0.15, 0.2) is 77.3 Å². The molecule has 1 aromatic heterocycles. The van der Waals surface area contributed by atoms with E-state index in [4.69, 9.17) is 20.9 Å². The Morgan fingerprint density at radius 2 is 1.60 bits per heavy atom. The Labute approximate surface area is 208 Å². The third-order valence-electron chi connectivity index (χ3n) is 6.83. The summed E-state index contributed by atoms with van der Waals surface area (Å²) in [6.07, 6.45) is 0. The van der Waals surface area contributed by atoms with Crippen LogP contribution in [-0.2, 0) is 6.54 Å². The van der Waals surface area contributed by atoms with E-state index in [1.54, 1.807) is 0 Å². The van der Waals surface area contributed by atoms with Crippen LogP contribution in [0.4, 0.5) is 10.6 Å². The van der Waals surface area contributed by atoms with E-state index >= 15 is 0 Å². The van der Waals surface area contributed by atoms with E-state index in [0.717, 1.165) is 49.6 Å². The Morgan fingerprint density at radius 1 is 0.943 bits per heavy atom. The maximum Gasteiger partial charge on any atom is 0.323 e. The Morgan fingerprint density at radius 3 is 2.31 bits per heavy atom. The van der Waals surface area contributed by atoms with Gasteiger partial charge in [-0.3, -0.25) is 10.2 Å². The Hall–Kier alpha value is -3.55. The number of anilines is 1. The summed E-state index contributed by atoms with van der Waals surface area (Å²) >= 11 is 5.93. The van der Waals surface area contributed by atoms with E-state index in [0.29, 0.717) is 28.3 Å². The van der Waals surface area contributed by atoms with Crippen LogP contribution in [0.2, 0.25) is 5.02 Å². The summed E-state index contributed by atoms with van der Waals surface area (Å²) in [7, 11) is 0. The minimum Gasteiger partial charge on any atom is -0.457 e. The van der Waals surface area contributed by atoms with E-state index in [-0.39, 0.29) is 6.03 Å². The zero-order valence-electron chi connectivity index (χ0n) is 19.1. The van der Waals surface area contributed by atoms with Crippen molar-refractivity contribution in [3.63, 3.8) is 0 Å². The average Bonchev–Trinajstić information content (AvgIpc) is 3.56. The fraction of sp³-hybridized carbons (Fsp3) is 0.259. The minimum atomic E-state index is -0.110. The Bertz CT molecular complexity index is 1320. The molecule has 3 heterocycles. The second-order valence-electron chi connectivity index (χ2n) is 9.28. The molecule has 4 aromatic rings. The Balaban J connectivity index is 1.01. The lowest BCUT2D eigenvalue weighted by molar-refractivity contribution is 0.211. The number of likely N-dealkylation sites (tertiary alicyclic amines) is 2. The number of urea groups is 1. The van der Waals surface area contributed by atoms with Gasteiger partial charge in [0.2, 0.25) is 0 Å². The van der Waals surface area contributed by atoms with Crippen LogP contribution < -0.4 is 10.1 Å². The third-order valence-corrected chi connectivity index (χ3v) is 7.08. The molecule has 6 rings (SSSR count). The smallest absolute Gasteiger partial charge is 0.323 e. The highest BCUT2D eigenvalue weighted by molar-refractivity contribution is 6.30. The van der Waals surface area contributed by atoms with Gasteiger partial charge in [0.1, 0.15) is 11.5 Å². The molecule has 8 heteroatoms. The second kappa shape index (κ2) is 9.24. The molecule has 0 spiro atoms. The molecule has 2 atom stereocenters. The van der Waals surface area contributed by atoms with E-state index in [1.165, 1.54) is 5.56 Å². The molecule has 0 radical (unpaired) electrons. The highest BCUT2D eigenvalue weighted by Crippen LogP contribution is 2.33. The van der Waals surface area contributed by atoms with Crippen LogP contribution in [0.1, 0.15) is 5.56 Å². The minimum absolute atomic E-state index is 0.110. The van der Waals surface area contributed by atoms with E-state index in [1.807, 2.05) is 65.6 Å². The number of fused-ring (bicyclic) bond motifs is 2. The molecule has 2 aliphatic rings. The highest BCUT2D eigenvalue weighted by atomic mass is 35.5. The zero-order chi connectivity index (χ0) is 23.8. The van der Waals surface area contributed by atoms with Gasteiger partial charge in [-0.1, -0.05) is 41.0 Å². The molecule has 0 unspecified atom stereocenters. The number of nitrogens with zero attached hydrogens (tertiary/aromatic N) is 3. The lowest BCUT2D eigenvalue weighted by atomic mass is 10.0. The summed E-state index contributed by atoms with van der Waals surface area (Å²) in [6.45, 7) is 4.40. The predicted molar refractivity (Wildman–Crippen MR) is 135 cm³/mol. The number of aromatic nitrogens is 1. The van der Waals surface area contributed by atoms with Crippen molar-refractivity contribution < 1.29 is 14.1 Å². The van der Waals surface area contributed by atoms with Gasteiger partial charge in [0, 0.05) is 37.7 Å². The van der Waals surface area contributed by atoms with Crippen molar-refractivity contribution >= 4 is 34.4 Å². The average molecular weight is 489 g/mol. The summed E-state index contributed by atoms with van der Waals surface area (Å²) in [5.74, 6) is 3.02. The largest absolute Gasteiger partial charge is 0.457 e. The van der Waals surface area contributed by atoms with Crippen molar-refractivity contribution in [2.45, 2.75) is 6.54 Å². The number of hydrogen-bond acceptors (Lipinski definition) is 5. The number of ether oxygens (including phenoxy) is 1. The molecule has 2 aliphatic heterocycles. The first-order valence-electron chi connectivity index (χ1n) is 11.8. The summed E-state index contributed by atoms with van der Waals surface area (Å²) in [5, 5.41) is 8.44. The van der Waals surface area contributed by atoms with Crippen molar-refractivity contribution in [2.75, 3.05) is 31.5 Å². The number of para-hydroxylation sites is 1. The normalized spacial score (nSPS) is 19.7. The fourth-order valence-electron chi connectivity index (χ4n) is 5.10. The van der Waals surface area contributed by atoms with Crippen molar-refractivity contribution in [3.8, 4) is 11.5 Å². The molecular weight excluding hydrogens is 464 g/mol. The fourth-order valence-corrected chi connectivity index (χ4v) is 5.23. The number of rotatable bonds is 5. The van der Waals surface area contributed by atoms with Crippen LogP contribution in [0, 0.1) is 11.8 Å². The van der Waals surface area contributed by atoms with Gasteiger partial charge in [-0.25, -0.2) is 4.79 Å². The summed E-state index contributed by atoms with van der Waals surface area (Å²) in [5.41, 5.74) is 1.92. The number of halogens is 1. The van der Waals surface area contributed by atoms with Gasteiger partial charge in [-0.2, -0.15) is 0 Å². The topological polar surface area (TPSA) is 70.8 Å². The van der Waals surface area contributed by atoms with Crippen molar-refractivity contribution in [1.82, 2.24) is 15.0 Å². The predicted octanol–water partition coefficient (Wildman–Crippen LogP) is 5.87. The first-order valence-corrected chi connectivity index (χ1v) is 12.1. The molecule has 0 bridgehead atoms. The van der Waals surface area contributed by atoms with Crippen LogP contribution in [0.25, 0.3) is 11.0 Å². The number of benzene rings is 3. The van der Waals surface area contributed by atoms with Gasteiger partial charge in [0.15, 0.2) is 11.4 Å². The monoisotopic (exact) mass is 488 g/mol. The van der Waals surface area contributed by atoms with Gasteiger partial charge in [-0.15, -0.1) is 0 Å². The van der Waals surface area contributed by atoms with Crippen molar-refractivity contribution in [3.05, 3.63) is 83.4 Å². The van der Waals surface area contributed by atoms with Gasteiger partial charge in [0.05, 0.1) is 5.39 Å². The third kappa shape index (κ3) is 4.70. The lowest BCUT2D eigenvalue weighted by Gasteiger charge is -2.21. The van der Waals surface area contributed by atoms with Crippen LogP contribution in [0.3, 0.4) is 0 Å². The first kappa shape index (κ1) is 21.9. The van der Waals surface area contributed by atoms with E-state index in [2.05, 4.69) is 27.5 Å². The summed E-state index contributed by atoms with van der Waals surface area (Å²) < 4.78 is 11.2. The molecule has 2 fully saturated rings. The molecule has 0 aliphatic carbocycles. The van der Waals surface area contributed by atoms with Gasteiger partial charge in [-0.05, 0) is 65.9 Å². The molecule has 2 amide bonds. The number of amides is 2. The van der Waals surface area contributed by atoms with Gasteiger partial charge >= 0.3 is 6.03 Å². The van der Waals surface area contributed by atoms with E-state index < -0.39 is 0 Å². The number of carbonyl (C=O) groups excluding carboxylic acids is 1. The zero-order valence-corrected chi connectivity index (χ0v) is 19.8. The van der Waals surface area contributed by atoms with Crippen LogP contribution >= 0.6 is 11.6 Å². The SMILES string of the molecule is O=C(Nc1noc2ccccc12)N1C[C@H]2CN(Cc3ccc(Oc4ccc(Cl)cc4)cc3)C[C@H]2C1. The maximum atomic E-state index is 12.8. The van der Waals surface area contributed by atoms with Crippen LogP contribution in [-0.4, -0.2) is 47.2 Å². The molecule has 3 aromatic carbocycles. The molecule has 0 saturated carbocycles. The number of hydrogen-bond donors (Lipinski definition) is 1. The van der Waals surface area contributed by atoms with Gasteiger partial charge < -0.3 is 14.2 Å². The molecule has 1 N–H and O–H groups in total. The number of carbonyl (C=O) groups is 1. The number of nitrogens with one attached hydrogen (secondary N) is 1. The van der Waals surface area contributed by atoms with Crippen molar-refractivity contribution in [2.24, 2.45) is 11.8 Å². The summed E-state index contributed by atoms with van der Waals surface area (Å²) in [4.78, 5) is 17.2. The van der Waals surface area contributed by atoms with Gasteiger partial charge in [0.25, 0.3) is 0 Å². The van der Waals surface area contributed by atoms with E-state index in [9.17, 15) is 4.79 Å². The quantitative estimate of drug-likeness (QED) is 0.380. The molecule has 178 valence electrons. The molecule has 2 saturated heterocycles. The van der Waals surface area contributed by atoms with Crippen molar-refractivity contribution in [1.29, 1.82) is 0 Å². The standard InChI is InChI=1S/C27H25ClN4O3/c28-21-7-11-23(12-8-21)34-22-9-5-18(6-10-22)13-31-14-19-16-32(17-20(19)15-31)27(33)29-26-24-3-1-2-4-25(24)35-30-26/h1-12,19-20H,13-17H2,(H,29,30,33)/t19-,20+. The van der Waals surface area contributed by atoms with Crippen LogP contribution in [0.5, 0.6) is 11.5 Å². The summed E-state index contributed by atoms with van der Waals surface area (Å²) in [6, 6.07) is 23.0. The molecular formula is C27H25ClN4O3.